The van der Waals surface area contributed by atoms with Crippen LogP contribution >= 0.6 is 0 Å². The molecule has 1 atom stereocenters. The van der Waals surface area contributed by atoms with Crippen LogP contribution in [-0.2, 0) is 4.79 Å². The zero-order chi connectivity index (χ0) is 10.3. The molecular weight excluding hydrogens is 164 g/mol. The minimum Gasteiger partial charge on any atom is -0.478 e. The number of carboxylic acid groups (broad SMARTS) is 1. The quantitative estimate of drug-likeness (QED) is 0.524. The number of allylic oxidation sites excluding steroid dienone is 3. The third kappa shape index (κ3) is 5.23. The van der Waals surface area contributed by atoms with E-state index in [2.05, 4.69) is 13.0 Å². The van der Waals surface area contributed by atoms with Gasteiger partial charge in [-0.1, -0.05) is 25.2 Å². The molecule has 0 aromatic carbocycles. The molecule has 0 aliphatic carbocycles. The van der Waals surface area contributed by atoms with Crippen molar-refractivity contribution in [1.29, 1.82) is 0 Å². The van der Waals surface area contributed by atoms with Crippen molar-refractivity contribution in [1.82, 2.24) is 0 Å². The van der Waals surface area contributed by atoms with Crippen LogP contribution in [0.1, 0.15) is 33.6 Å². The summed E-state index contributed by atoms with van der Waals surface area (Å²) in [6.07, 6.45) is 7.78. The smallest absolute Gasteiger partial charge is 0.330 e. The van der Waals surface area contributed by atoms with Crippen molar-refractivity contribution < 1.29 is 9.90 Å². The first-order chi connectivity index (χ1) is 6.11. The summed E-state index contributed by atoms with van der Waals surface area (Å²) in [5, 5.41) is 8.61. The standard InChI is InChI=1S/C11H18O2/c1-4-6-10(5-2)8-7-9(3)11(12)13/h4,6-7,10H,5,8H2,1-3H3,(H,12,13)/b6-4?,9-7+. The molecule has 2 heteroatoms. The van der Waals surface area contributed by atoms with Crippen LogP contribution in [0.25, 0.3) is 0 Å². The summed E-state index contributed by atoms with van der Waals surface area (Å²) in [5.74, 6) is -0.352. The second-order valence-corrected chi connectivity index (χ2v) is 3.12. The highest BCUT2D eigenvalue weighted by atomic mass is 16.4. The van der Waals surface area contributed by atoms with Gasteiger partial charge in [0.1, 0.15) is 0 Å². The number of aliphatic carboxylic acids is 1. The summed E-state index contributed by atoms with van der Waals surface area (Å²) in [7, 11) is 0. The molecule has 0 radical (unpaired) electrons. The van der Waals surface area contributed by atoms with Crippen molar-refractivity contribution in [3.63, 3.8) is 0 Å². The predicted molar refractivity (Wildman–Crippen MR) is 54.6 cm³/mol. The molecule has 0 aliphatic heterocycles. The number of rotatable bonds is 5. The zero-order valence-corrected chi connectivity index (χ0v) is 8.58. The van der Waals surface area contributed by atoms with E-state index in [9.17, 15) is 4.79 Å². The van der Waals surface area contributed by atoms with Gasteiger partial charge in [-0.15, -0.1) is 0 Å². The largest absolute Gasteiger partial charge is 0.478 e. The fraction of sp³-hybridized carbons (Fsp3) is 0.545. The molecule has 0 saturated carbocycles. The van der Waals surface area contributed by atoms with Crippen LogP contribution in [0, 0.1) is 5.92 Å². The van der Waals surface area contributed by atoms with E-state index in [1.54, 1.807) is 13.0 Å². The highest BCUT2D eigenvalue weighted by Gasteiger charge is 2.02. The molecule has 0 aromatic rings. The van der Waals surface area contributed by atoms with Gasteiger partial charge in [-0.3, -0.25) is 0 Å². The minimum atomic E-state index is -0.824. The first kappa shape index (κ1) is 11.9. The topological polar surface area (TPSA) is 37.3 Å². The van der Waals surface area contributed by atoms with Crippen LogP contribution in [0.2, 0.25) is 0 Å². The molecule has 0 aromatic heterocycles. The number of carbonyl (C=O) groups is 1. The molecule has 1 N–H and O–H groups in total. The van der Waals surface area contributed by atoms with Gasteiger partial charge < -0.3 is 5.11 Å². The third-order valence-corrected chi connectivity index (χ3v) is 2.05. The average molecular weight is 182 g/mol. The van der Waals surface area contributed by atoms with E-state index in [1.807, 2.05) is 13.0 Å². The van der Waals surface area contributed by atoms with Crippen LogP contribution < -0.4 is 0 Å². The summed E-state index contributed by atoms with van der Waals surface area (Å²) in [6, 6.07) is 0. The Bertz CT molecular complexity index is 214. The second-order valence-electron chi connectivity index (χ2n) is 3.12. The zero-order valence-electron chi connectivity index (χ0n) is 8.58. The lowest BCUT2D eigenvalue weighted by molar-refractivity contribution is -0.132. The van der Waals surface area contributed by atoms with Gasteiger partial charge >= 0.3 is 5.97 Å². The Kier molecular flexibility index (Phi) is 5.94. The van der Waals surface area contributed by atoms with Gasteiger partial charge in [0.05, 0.1) is 0 Å². The number of carboxylic acids is 1. The van der Waals surface area contributed by atoms with E-state index in [4.69, 9.17) is 5.11 Å². The Morgan fingerprint density at radius 2 is 2.15 bits per heavy atom. The van der Waals surface area contributed by atoms with Gasteiger partial charge in [-0.2, -0.15) is 0 Å². The lowest BCUT2D eigenvalue weighted by Crippen LogP contribution is -1.98. The van der Waals surface area contributed by atoms with Crippen molar-refractivity contribution in [2.24, 2.45) is 5.92 Å². The number of hydrogen-bond donors (Lipinski definition) is 1. The highest BCUT2D eigenvalue weighted by Crippen LogP contribution is 2.12. The Hall–Kier alpha value is -1.05. The van der Waals surface area contributed by atoms with Gasteiger partial charge in [0, 0.05) is 5.57 Å². The second kappa shape index (κ2) is 6.46. The Morgan fingerprint density at radius 3 is 2.54 bits per heavy atom. The summed E-state index contributed by atoms with van der Waals surface area (Å²) >= 11 is 0. The first-order valence-electron chi connectivity index (χ1n) is 4.64. The van der Waals surface area contributed by atoms with Crippen LogP contribution in [0.4, 0.5) is 0 Å². The maximum Gasteiger partial charge on any atom is 0.330 e. The summed E-state index contributed by atoms with van der Waals surface area (Å²) in [6.45, 7) is 5.72. The van der Waals surface area contributed by atoms with E-state index < -0.39 is 5.97 Å². The summed E-state index contributed by atoms with van der Waals surface area (Å²) < 4.78 is 0. The average Bonchev–Trinajstić information content (AvgIpc) is 2.11. The van der Waals surface area contributed by atoms with Gasteiger partial charge in [0.2, 0.25) is 0 Å². The lowest BCUT2D eigenvalue weighted by atomic mass is 10.0. The Balaban J connectivity index is 4.11. The van der Waals surface area contributed by atoms with E-state index in [0.29, 0.717) is 11.5 Å². The van der Waals surface area contributed by atoms with Crippen molar-refractivity contribution in [3.8, 4) is 0 Å². The van der Waals surface area contributed by atoms with Crippen LogP contribution in [0.3, 0.4) is 0 Å². The van der Waals surface area contributed by atoms with Crippen molar-refractivity contribution in [2.45, 2.75) is 33.6 Å². The highest BCUT2D eigenvalue weighted by molar-refractivity contribution is 5.85. The fourth-order valence-corrected chi connectivity index (χ4v) is 1.07. The molecule has 0 rings (SSSR count). The number of hydrogen-bond acceptors (Lipinski definition) is 1. The lowest BCUT2D eigenvalue weighted by Gasteiger charge is -2.05. The van der Waals surface area contributed by atoms with E-state index >= 15 is 0 Å². The maximum atomic E-state index is 10.5. The fourth-order valence-electron chi connectivity index (χ4n) is 1.07. The molecule has 0 amide bonds. The van der Waals surface area contributed by atoms with E-state index in [-0.39, 0.29) is 0 Å². The van der Waals surface area contributed by atoms with Gasteiger partial charge in [-0.05, 0) is 32.6 Å². The Morgan fingerprint density at radius 1 is 1.54 bits per heavy atom. The SMILES string of the molecule is CC=CC(CC)C/C=C(\C)C(=O)O. The van der Waals surface area contributed by atoms with Gasteiger partial charge in [0.25, 0.3) is 0 Å². The van der Waals surface area contributed by atoms with E-state index in [1.165, 1.54) is 0 Å². The maximum absolute atomic E-state index is 10.5. The van der Waals surface area contributed by atoms with Crippen LogP contribution in [-0.4, -0.2) is 11.1 Å². The molecule has 13 heavy (non-hydrogen) atoms. The summed E-state index contributed by atoms with van der Waals surface area (Å²) in [5.41, 5.74) is 0.433. The van der Waals surface area contributed by atoms with Crippen LogP contribution in [0.15, 0.2) is 23.8 Å². The van der Waals surface area contributed by atoms with Crippen LogP contribution in [0.5, 0.6) is 0 Å². The molecule has 0 heterocycles. The normalized spacial score (nSPS) is 14.8. The Labute approximate surface area is 80.0 Å². The molecule has 0 saturated heterocycles. The third-order valence-electron chi connectivity index (χ3n) is 2.05. The van der Waals surface area contributed by atoms with Crippen molar-refractivity contribution >= 4 is 5.97 Å². The van der Waals surface area contributed by atoms with Crippen molar-refractivity contribution in [2.75, 3.05) is 0 Å². The van der Waals surface area contributed by atoms with Crippen molar-refractivity contribution in [3.05, 3.63) is 23.8 Å². The van der Waals surface area contributed by atoms with Gasteiger partial charge in [0.15, 0.2) is 0 Å². The molecular formula is C11H18O2. The molecule has 1 unspecified atom stereocenters. The summed E-state index contributed by atoms with van der Waals surface area (Å²) in [4.78, 5) is 10.5. The molecule has 0 spiro atoms. The monoisotopic (exact) mass is 182 g/mol. The molecule has 0 fully saturated rings. The minimum absolute atomic E-state index is 0.433. The predicted octanol–water partition coefficient (Wildman–Crippen LogP) is 3.01. The van der Waals surface area contributed by atoms with Gasteiger partial charge in [-0.25, -0.2) is 4.79 Å². The molecule has 74 valence electrons. The first-order valence-corrected chi connectivity index (χ1v) is 4.64. The van der Waals surface area contributed by atoms with E-state index in [0.717, 1.165) is 12.8 Å². The molecule has 0 aliphatic rings. The molecule has 2 nitrogen and oxygen atoms in total. The molecule has 0 bridgehead atoms.